The number of nitrogens with two attached hydrogens (primary N) is 1. The number of benzene rings is 1. The molecule has 0 spiro atoms. The normalized spacial score (nSPS) is 11.3. The van der Waals surface area contributed by atoms with Crippen LogP contribution in [0.2, 0.25) is 0 Å². The van der Waals surface area contributed by atoms with Crippen molar-refractivity contribution in [2.24, 2.45) is 5.73 Å². The van der Waals surface area contributed by atoms with Crippen molar-refractivity contribution in [3.63, 3.8) is 0 Å². The standard InChI is InChI=1S/C8H13NOS.C8H11N.C3H8/c1-4-8(5-10)11-7(3)6(2)9;1-9-7-8-5-3-2-4-6-8;1-3-2/h4-6H,3,9H2,1-2H3;2-6,9H,7H2,1H3;3H2,1-2H3/b8-4-;;. The molecule has 1 atom stereocenters. The van der Waals surface area contributed by atoms with Gasteiger partial charge < -0.3 is 11.1 Å². The highest BCUT2D eigenvalue weighted by atomic mass is 32.2. The predicted molar refractivity (Wildman–Crippen MR) is 105 cm³/mol. The van der Waals surface area contributed by atoms with Crippen LogP contribution in [0.4, 0.5) is 0 Å². The first-order valence-corrected chi connectivity index (χ1v) is 8.70. The largest absolute Gasteiger partial charge is 0.324 e. The number of carbonyl (C=O) groups excluding carboxylic acids is 1. The zero-order chi connectivity index (χ0) is 18.1. The van der Waals surface area contributed by atoms with Crippen LogP contribution in [0, 0.1) is 0 Å². The molecule has 4 heteroatoms. The Bertz CT molecular complexity index is 442. The first kappa shape index (κ1) is 23.9. The average Bonchev–Trinajstić information content (AvgIpc) is 2.55. The highest BCUT2D eigenvalue weighted by molar-refractivity contribution is 8.07. The highest BCUT2D eigenvalue weighted by Gasteiger charge is 2.03. The summed E-state index contributed by atoms with van der Waals surface area (Å²) in [6, 6.07) is 10.3. The third-order valence-electron chi connectivity index (χ3n) is 2.38. The van der Waals surface area contributed by atoms with Crippen LogP contribution in [0.1, 0.15) is 39.7 Å². The Kier molecular flexibility index (Phi) is 17.7. The van der Waals surface area contributed by atoms with E-state index in [9.17, 15) is 4.79 Å². The molecule has 1 aromatic carbocycles. The van der Waals surface area contributed by atoms with Gasteiger partial charge in [-0.05, 0) is 31.4 Å². The molecule has 0 aromatic heterocycles. The number of thioether (sulfide) groups is 1. The maximum Gasteiger partial charge on any atom is 0.156 e. The molecule has 130 valence electrons. The summed E-state index contributed by atoms with van der Waals surface area (Å²) in [6.07, 6.45) is 3.80. The van der Waals surface area contributed by atoms with Crippen LogP contribution >= 0.6 is 11.8 Å². The number of hydrogen-bond acceptors (Lipinski definition) is 4. The van der Waals surface area contributed by atoms with E-state index in [0.29, 0.717) is 4.91 Å². The van der Waals surface area contributed by atoms with Crippen molar-refractivity contribution < 1.29 is 4.79 Å². The summed E-state index contributed by atoms with van der Waals surface area (Å²) in [5.41, 5.74) is 6.86. The van der Waals surface area contributed by atoms with Gasteiger partial charge in [0.05, 0.1) is 0 Å². The van der Waals surface area contributed by atoms with E-state index in [2.05, 4.69) is 37.9 Å². The lowest BCUT2D eigenvalue weighted by Gasteiger charge is -2.07. The van der Waals surface area contributed by atoms with Crippen LogP contribution in [0.5, 0.6) is 0 Å². The Balaban J connectivity index is 0. The first-order valence-electron chi connectivity index (χ1n) is 7.88. The monoisotopic (exact) mass is 336 g/mol. The Labute approximate surface area is 146 Å². The summed E-state index contributed by atoms with van der Waals surface area (Å²) < 4.78 is 0. The summed E-state index contributed by atoms with van der Waals surface area (Å²) in [7, 11) is 1.95. The fraction of sp³-hybridized carbons (Fsp3) is 0.421. The molecule has 0 heterocycles. The van der Waals surface area contributed by atoms with Gasteiger partial charge in [0.25, 0.3) is 0 Å². The molecule has 0 fully saturated rings. The number of nitrogens with one attached hydrogen (secondary N) is 1. The van der Waals surface area contributed by atoms with Gasteiger partial charge in [0, 0.05) is 17.5 Å². The van der Waals surface area contributed by atoms with Crippen LogP contribution in [0.25, 0.3) is 0 Å². The van der Waals surface area contributed by atoms with Gasteiger partial charge >= 0.3 is 0 Å². The predicted octanol–water partition coefficient (Wildman–Crippen LogP) is 4.51. The molecule has 0 aliphatic rings. The smallest absolute Gasteiger partial charge is 0.156 e. The quantitative estimate of drug-likeness (QED) is 0.593. The Morgan fingerprint density at radius 1 is 1.35 bits per heavy atom. The second-order valence-corrected chi connectivity index (χ2v) is 6.09. The average molecular weight is 337 g/mol. The number of hydrogen-bond donors (Lipinski definition) is 2. The van der Waals surface area contributed by atoms with E-state index >= 15 is 0 Å². The molecular weight excluding hydrogens is 304 g/mol. The van der Waals surface area contributed by atoms with Crippen LogP contribution in [0.3, 0.4) is 0 Å². The molecule has 3 nitrogen and oxygen atoms in total. The number of carbonyl (C=O) groups is 1. The lowest BCUT2D eigenvalue weighted by atomic mass is 10.2. The maximum atomic E-state index is 10.3. The van der Waals surface area contributed by atoms with E-state index in [-0.39, 0.29) is 6.04 Å². The zero-order valence-corrected chi connectivity index (χ0v) is 16.0. The third kappa shape index (κ3) is 15.3. The Hall–Kier alpha value is -1.36. The molecule has 23 heavy (non-hydrogen) atoms. The minimum Gasteiger partial charge on any atom is -0.324 e. The zero-order valence-electron chi connectivity index (χ0n) is 15.1. The van der Waals surface area contributed by atoms with Crippen molar-refractivity contribution in [2.75, 3.05) is 7.05 Å². The summed E-state index contributed by atoms with van der Waals surface area (Å²) >= 11 is 1.33. The van der Waals surface area contributed by atoms with Crippen molar-refractivity contribution in [3.05, 3.63) is 58.4 Å². The van der Waals surface area contributed by atoms with Crippen molar-refractivity contribution in [1.82, 2.24) is 5.32 Å². The van der Waals surface area contributed by atoms with Crippen molar-refractivity contribution in [1.29, 1.82) is 0 Å². The molecule has 1 rings (SSSR count). The maximum absolute atomic E-state index is 10.3. The van der Waals surface area contributed by atoms with Gasteiger partial charge in [0.2, 0.25) is 0 Å². The third-order valence-corrected chi connectivity index (χ3v) is 3.58. The second-order valence-electron chi connectivity index (χ2n) is 4.89. The van der Waals surface area contributed by atoms with Crippen LogP contribution in [-0.2, 0) is 11.3 Å². The van der Waals surface area contributed by atoms with Gasteiger partial charge in [-0.2, -0.15) is 0 Å². The lowest BCUT2D eigenvalue weighted by molar-refractivity contribution is -0.104. The topological polar surface area (TPSA) is 55.1 Å². The lowest BCUT2D eigenvalue weighted by Crippen LogP contribution is -2.15. The SMILES string of the molecule is C=C(S/C(C=O)=C\C)C(C)N.CCC.CNCc1ccccc1. The second kappa shape index (κ2) is 17.0. The minimum absolute atomic E-state index is 0.0742. The van der Waals surface area contributed by atoms with E-state index in [4.69, 9.17) is 5.73 Å². The summed E-state index contributed by atoms with van der Waals surface area (Å²) in [4.78, 5) is 11.8. The van der Waals surface area contributed by atoms with E-state index in [0.717, 1.165) is 17.7 Å². The van der Waals surface area contributed by atoms with Gasteiger partial charge in [-0.25, -0.2) is 0 Å². The molecule has 0 aliphatic heterocycles. The Morgan fingerprint density at radius 2 is 1.87 bits per heavy atom. The molecule has 1 aromatic rings. The fourth-order valence-corrected chi connectivity index (χ4v) is 1.85. The number of aldehydes is 1. The van der Waals surface area contributed by atoms with Crippen LogP contribution < -0.4 is 11.1 Å². The highest BCUT2D eigenvalue weighted by Crippen LogP contribution is 2.23. The van der Waals surface area contributed by atoms with E-state index in [1.165, 1.54) is 23.7 Å². The number of allylic oxidation sites excluding steroid dienone is 2. The molecule has 0 aliphatic carbocycles. The van der Waals surface area contributed by atoms with Crippen molar-refractivity contribution in [3.8, 4) is 0 Å². The Morgan fingerprint density at radius 3 is 2.22 bits per heavy atom. The van der Waals surface area contributed by atoms with Gasteiger partial charge in [-0.15, -0.1) is 0 Å². The van der Waals surface area contributed by atoms with E-state index < -0.39 is 0 Å². The fourth-order valence-electron chi connectivity index (χ4n) is 1.20. The van der Waals surface area contributed by atoms with Crippen molar-refractivity contribution in [2.45, 2.75) is 46.7 Å². The molecule has 0 saturated carbocycles. The van der Waals surface area contributed by atoms with E-state index in [1.54, 1.807) is 6.08 Å². The number of rotatable bonds is 6. The van der Waals surface area contributed by atoms with Gasteiger partial charge in [0.15, 0.2) is 6.29 Å². The van der Waals surface area contributed by atoms with E-state index in [1.807, 2.05) is 39.1 Å². The molecule has 1 unspecified atom stereocenters. The first-order chi connectivity index (χ1) is 11.0. The van der Waals surface area contributed by atoms with Crippen LogP contribution in [-0.4, -0.2) is 19.4 Å². The molecule has 0 saturated heterocycles. The van der Waals surface area contributed by atoms with Gasteiger partial charge in [-0.3, -0.25) is 4.79 Å². The minimum atomic E-state index is -0.0742. The van der Waals surface area contributed by atoms with Crippen molar-refractivity contribution >= 4 is 18.0 Å². The summed E-state index contributed by atoms with van der Waals surface area (Å²) in [6.45, 7) is 12.6. The molecule has 3 N–H and O–H groups in total. The van der Waals surface area contributed by atoms with Gasteiger partial charge in [-0.1, -0.05) is 75.0 Å². The molecule has 0 bridgehead atoms. The summed E-state index contributed by atoms with van der Waals surface area (Å²) in [5, 5.41) is 3.08. The van der Waals surface area contributed by atoms with Gasteiger partial charge in [0.1, 0.15) is 0 Å². The molecule has 0 radical (unpaired) electrons. The summed E-state index contributed by atoms with van der Waals surface area (Å²) in [5.74, 6) is 0. The van der Waals surface area contributed by atoms with Crippen LogP contribution in [0.15, 0.2) is 52.8 Å². The molecular formula is C19H32N2OS. The molecule has 0 amide bonds.